The molecule has 0 atom stereocenters. The zero-order valence-corrected chi connectivity index (χ0v) is 11.9. The second-order valence-corrected chi connectivity index (χ2v) is 5.49. The van der Waals surface area contributed by atoms with Crippen molar-refractivity contribution in [1.29, 1.82) is 0 Å². The van der Waals surface area contributed by atoms with E-state index in [4.69, 9.17) is 0 Å². The van der Waals surface area contributed by atoms with Crippen LogP contribution in [-0.2, 0) is 0 Å². The number of nitrogens with zero attached hydrogens (tertiary/aromatic N) is 2. The van der Waals surface area contributed by atoms with Crippen LogP contribution in [0.25, 0.3) is 0 Å². The van der Waals surface area contributed by atoms with Gasteiger partial charge in [-0.2, -0.15) is 0 Å². The van der Waals surface area contributed by atoms with Gasteiger partial charge in [-0.3, -0.25) is 4.79 Å². The van der Waals surface area contributed by atoms with Crippen LogP contribution in [-0.4, -0.2) is 48.9 Å². The summed E-state index contributed by atoms with van der Waals surface area (Å²) >= 11 is 4.35. The lowest BCUT2D eigenvalue weighted by atomic mass is 10.0. The van der Waals surface area contributed by atoms with Crippen molar-refractivity contribution in [3.63, 3.8) is 0 Å². The molecule has 0 spiro atoms. The summed E-state index contributed by atoms with van der Waals surface area (Å²) in [4.78, 5) is 17.3. The van der Waals surface area contributed by atoms with Gasteiger partial charge in [0.1, 0.15) is 0 Å². The number of piperidine rings is 1. The van der Waals surface area contributed by atoms with Gasteiger partial charge >= 0.3 is 0 Å². The smallest absolute Gasteiger partial charge is 0.254 e. The van der Waals surface area contributed by atoms with Crippen LogP contribution in [0.3, 0.4) is 0 Å². The van der Waals surface area contributed by atoms with E-state index in [0.29, 0.717) is 11.6 Å². The third-order valence-corrected chi connectivity index (χ3v) is 4.01. The van der Waals surface area contributed by atoms with Crippen LogP contribution in [0.2, 0.25) is 0 Å². The number of benzene rings is 1. The highest BCUT2D eigenvalue weighted by molar-refractivity contribution is 7.80. The Balaban J connectivity index is 2.02. The summed E-state index contributed by atoms with van der Waals surface area (Å²) in [6.45, 7) is 1.67. The van der Waals surface area contributed by atoms with E-state index < -0.39 is 0 Å². The molecular weight excluding hydrogens is 244 g/mol. The molecule has 0 radical (unpaired) electrons. The van der Waals surface area contributed by atoms with Gasteiger partial charge in [0.05, 0.1) is 5.56 Å². The molecule has 0 saturated carbocycles. The Kier molecular flexibility index (Phi) is 4.30. The monoisotopic (exact) mass is 264 g/mol. The number of hydrogen-bond donors (Lipinski definition) is 1. The van der Waals surface area contributed by atoms with Crippen LogP contribution in [0.5, 0.6) is 0 Å². The molecule has 1 aliphatic rings. The van der Waals surface area contributed by atoms with Gasteiger partial charge in [0.15, 0.2) is 0 Å². The standard InChI is InChI=1S/C14H20N2OS/c1-15(2)11-7-9-16(10-8-11)14(17)12-5-3-4-6-13(12)18/h3-6,11,18H,7-10H2,1-2H3. The minimum Gasteiger partial charge on any atom is -0.338 e. The van der Waals surface area contributed by atoms with E-state index >= 15 is 0 Å². The number of carbonyl (C=O) groups excluding carboxylic acids is 1. The summed E-state index contributed by atoms with van der Waals surface area (Å²) in [5, 5.41) is 0. The topological polar surface area (TPSA) is 23.6 Å². The van der Waals surface area contributed by atoms with Crippen LogP contribution in [0, 0.1) is 0 Å². The molecule has 3 nitrogen and oxygen atoms in total. The van der Waals surface area contributed by atoms with Crippen LogP contribution in [0.4, 0.5) is 0 Å². The molecule has 1 amide bonds. The Hall–Kier alpha value is -1.00. The van der Waals surface area contributed by atoms with Crippen molar-refractivity contribution in [2.75, 3.05) is 27.2 Å². The van der Waals surface area contributed by atoms with E-state index in [9.17, 15) is 4.79 Å². The van der Waals surface area contributed by atoms with Crippen molar-refractivity contribution in [2.24, 2.45) is 0 Å². The molecule has 0 aromatic heterocycles. The van der Waals surface area contributed by atoms with Crippen molar-refractivity contribution in [2.45, 2.75) is 23.8 Å². The fourth-order valence-electron chi connectivity index (χ4n) is 2.41. The molecule has 4 heteroatoms. The lowest BCUT2D eigenvalue weighted by Crippen LogP contribution is -2.44. The summed E-state index contributed by atoms with van der Waals surface area (Å²) in [7, 11) is 4.20. The van der Waals surface area contributed by atoms with E-state index in [2.05, 4.69) is 31.6 Å². The van der Waals surface area contributed by atoms with E-state index in [-0.39, 0.29) is 5.91 Å². The summed E-state index contributed by atoms with van der Waals surface area (Å²) in [5.74, 6) is 0.109. The van der Waals surface area contributed by atoms with Gasteiger partial charge in [-0.1, -0.05) is 12.1 Å². The second-order valence-electron chi connectivity index (χ2n) is 5.00. The molecule has 0 bridgehead atoms. The zero-order valence-electron chi connectivity index (χ0n) is 11.0. The molecule has 2 rings (SSSR count). The fraction of sp³-hybridized carbons (Fsp3) is 0.500. The second kappa shape index (κ2) is 5.76. The molecule has 0 unspecified atom stereocenters. The third kappa shape index (κ3) is 2.87. The molecular formula is C14H20N2OS. The number of rotatable bonds is 2. The Bertz CT molecular complexity index is 426. The molecule has 98 valence electrons. The van der Waals surface area contributed by atoms with Gasteiger partial charge in [-0.05, 0) is 39.1 Å². The van der Waals surface area contributed by atoms with Crippen molar-refractivity contribution >= 4 is 18.5 Å². The molecule has 1 aliphatic heterocycles. The predicted octanol–water partition coefficient (Wildman–Crippen LogP) is 2.14. The van der Waals surface area contributed by atoms with Crippen molar-refractivity contribution in [3.05, 3.63) is 29.8 Å². The first-order chi connectivity index (χ1) is 8.59. The predicted molar refractivity (Wildman–Crippen MR) is 76.3 cm³/mol. The van der Waals surface area contributed by atoms with E-state index in [0.717, 1.165) is 30.8 Å². The number of thiol groups is 1. The summed E-state index contributed by atoms with van der Waals surface area (Å²) in [5.41, 5.74) is 0.712. The van der Waals surface area contributed by atoms with Gasteiger partial charge in [0, 0.05) is 24.0 Å². The quantitative estimate of drug-likeness (QED) is 0.827. The van der Waals surface area contributed by atoms with Gasteiger partial charge in [0.25, 0.3) is 5.91 Å². The van der Waals surface area contributed by atoms with Crippen molar-refractivity contribution in [1.82, 2.24) is 9.80 Å². The van der Waals surface area contributed by atoms with Crippen LogP contribution >= 0.6 is 12.6 Å². The largest absolute Gasteiger partial charge is 0.338 e. The first-order valence-electron chi connectivity index (χ1n) is 6.33. The van der Waals surface area contributed by atoms with Gasteiger partial charge in [0.2, 0.25) is 0 Å². The number of amides is 1. The van der Waals surface area contributed by atoms with Crippen molar-refractivity contribution in [3.8, 4) is 0 Å². The van der Waals surface area contributed by atoms with E-state index in [1.807, 2.05) is 29.2 Å². The molecule has 18 heavy (non-hydrogen) atoms. The SMILES string of the molecule is CN(C)C1CCN(C(=O)c2ccccc2S)CC1. The Labute approximate surface area is 114 Å². The van der Waals surface area contributed by atoms with Crippen LogP contribution in [0.1, 0.15) is 23.2 Å². The first kappa shape index (κ1) is 13.4. The number of carbonyl (C=O) groups is 1. The minimum absolute atomic E-state index is 0.109. The lowest BCUT2D eigenvalue weighted by Gasteiger charge is -2.35. The average Bonchev–Trinajstić information content (AvgIpc) is 2.38. The number of hydrogen-bond acceptors (Lipinski definition) is 3. The molecule has 1 fully saturated rings. The molecule has 1 saturated heterocycles. The lowest BCUT2D eigenvalue weighted by molar-refractivity contribution is 0.0660. The molecule has 0 N–H and O–H groups in total. The highest BCUT2D eigenvalue weighted by Gasteiger charge is 2.25. The first-order valence-corrected chi connectivity index (χ1v) is 6.78. The molecule has 0 aliphatic carbocycles. The Morgan fingerprint density at radius 2 is 1.89 bits per heavy atom. The van der Waals surface area contributed by atoms with Gasteiger partial charge in [-0.15, -0.1) is 12.6 Å². The Morgan fingerprint density at radius 3 is 2.44 bits per heavy atom. The maximum Gasteiger partial charge on any atom is 0.254 e. The Morgan fingerprint density at radius 1 is 1.28 bits per heavy atom. The minimum atomic E-state index is 0.109. The number of likely N-dealkylation sites (tertiary alicyclic amines) is 1. The molecule has 1 aromatic rings. The molecule has 1 aromatic carbocycles. The fourth-order valence-corrected chi connectivity index (χ4v) is 2.67. The normalized spacial score (nSPS) is 17.2. The summed E-state index contributed by atoms with van der Waals surface area (Å²) in [6, 6.07) is 8.10. The van der Waals surface area contributed by atoms with Gasteiger partial charge in [-0.25, -0.2) is 0 Å². The average molecular weight is 264 g/mol. The maximum absolute atomic E-state index is 12.4. The highest BCUT2D eigenvalue weighted by atomic mass is 32.1. The van der Waals surface area contributed by atoms with Gasteiger partial charge < -0.3 is 9.80 Å². The maximum atomic E-state index is 12.4. The van der Waals surface area contributed by atoms with E-state index in [1.165, 1.54) is 0 Å². The van der Waals surface area contributed by atoms with E-state index in [1.54, 1.807) is 0 Å². The van der Waals surface area contributed by atoms with Crippen LogP contribution < -0.4 is 0 Å². The van der Waals surface area contributed by atoms with Crippen LogP contribution in [0.15, 0.2) is 29.2 Å². The zero-order chi connectivity index (χ0) is 13.1. The summed E-state index contributed by atoms with van der Waals surface area (Å²) < 4.78 is 0. The summed E-state index contributed by atoms with van der Waals surface area (Å²) in [6.07, 6.45) is 2.10. The van der Waals surface area contributed by atoms with Crippen molar-refractivity contribution < 1.29 is 4.79 Å². The third-order valence-electron chi connectivity index (χ3n) is 3.62. The molecule has 1 heterocycles. The highest BCUT2D eigenvalue weighted by Crippen LogP contribution is 2.20.